The molecule has 1 N–H and O–H groups in total. The van der Waals surface area contributed by atoms with Crippen molar-refractivity contribution in [3.05, 3.63) is 47.9 Å². The van der Waals surface area contributed by atoms with Gasteiger partial charge in [0.25, 0.3) is 0 Å². The molecule has 5 atom stereocenters. The second kappa shape index (κ2) is 6.64. The summed E-state index contributed by atoms with van der Waals surface area (Å²) in [5, 5.41) is 2.87. The van der Waals surface area contributed by atoms with Crippen LogP contribution >= 0.6 is 0 Å². The molecule has 0 radical (unpaired) electrons. The molecule has 136 valence electrons. The Morgan fingerprint density at radius 3 is 2.88 bits per heavy atom. The first kappa shape index (κ1) is 16.9. The zero-order valence-corrected chi connectivity index (χ0v) is 14.6. The molecule has 0 spiro atoms. The van der Waals surface area contributed by atoms with Gasteiger partial charge in [0.15, 0.2) is 0 Å². The maximum atomic E-state index is 14.3. The molecule has 4 heterocycles. The van der Waals surface area contributed by atoms with Gasteiger partial charge in [-0.3, -0.25) is 9.78 Å². The number of halogens is 1. The van der Waals surface area contributed by atoms with Gasteiger partial charge in [0.2, 0.25) is 11.8 Å². The molecule has 2 aliphatic rings. The van der Waals surface area contributed by atoms with Gasteiger partial charge in [-0.15, -0.1) is 0 Å². The van der Waals surface area contributed by atoms with Crippen molar-refractivity contribution in [2.24, 2.45) is 5.92 Å². The zero-order valence-electron chi connectivity index (χ0n) is 14.6. The quantitative estimate of drug-likeness (QED) is 0.911. The number of fused-ring (bicyclic) bond motifs is 2. The Hall–Kier alpha value is -2.54. The van der Waals surface area contributed by atoms with Gasteiger partial charge in [-0.25, -0.2) is 9.37 Å². The third-order valence-corrected chi connectivity index (χ3v) is 5.11. The largest absolute Gasteiger partial charge is 0.481 e. The van der Waals surface area contributed by atoms with Crippen LogP contribution < -0.4 is 10.1 Å². The predicted molar refractivity (Wildman–Crippen MR) is 92.8 cm³/mol. The van der Waals surface area contributed by atoms with Crippen molar-refractivity contribution in [3.63, 3.8) is 0 Å². The van der Waals surface area contributed by atoms with Crippen molar-refractivity contribution in [1.29, 1.82) is 0 Å². The number of anilines is 1. The molecular weight excluding hydrogens is 337 g/mol. The Kier molecular flexibility index (Phi) is 4.32. The monoisotopic (exact) mass is 357 g/mol. The lowest BCUT2D eigenvalue weighted by Crippen LogP contribution is -2.39. The molecule has 2 bridgehead atoms. The van der Waals surface area contributed by atoms with Crippen LogP contribution in [0.15, 0.2) is 36.7 Å². The van der Waals surface area contributed by atoms with Crippen LogP contribution in [-0.2, 0) is 9.53 Å². The molecule has 4 rings (SSSR count). The zero-order chi connectivity index (χ0) is 18.3. The first-order valence-corrected chi connectivity index (χ1v) is 8.60. The lowest BCUT2D eigenvalue weighted by molar-refractivity contribution is -0.121. The molecule has 2 fully saturated rings. The standard InChI is InChI=1S/C19H20FN3O3/c1-10-7-11(5-6-21-10)16-17(14-8-13(20)18(16)26-14)19(24)23-12-3-4-15(25-2)22-9-12/h3-7,9,13-14,16-18H,8H2,1-2H3,(H,23,24)/t13-,14-,16-,17+,18+/m1/s1. The molecule has 7 heteroatoms. The highest BCUT2D eigenvalue weighted by Gasteiger charge is 2.57. The number of hydrogen-bond donors (Lipinski definition) is 1. The summed E-state index contributed by atoms with van der Waals surface area (Å²) in [6.45, 7) is 1.88. The highest BCUT2D eigenvalue weighted by molar-refractivity contribution is 5.94. The van der Waals surface area contributed by atoms with Crippen molar-refractivity contribution >= 4 is 11.6 Å². The summed E-state index contributed by atoms with van der Waals surface area (Å²) in [6.07, 6.45) is 1.42. The summed E-state index contributed by atoms with van der Waals surface area (Å²) in [5.74, 6) is -0.486. The minimum Gasteiger partial charge on any atom is -0.481 e. The van der Waals surface area contributed by atoms with E-state index in [-0.39, 0.29) is 18.2 Å². The molecular formula is C19H20FN3O3. The predicted octanol–water partition coefficient (Wildman–Crippen LogP) is 2.64. The third kappa shape index (κ3) is 2.92. The van der Waals surface area contributed by atoms with Crippen molar-refractivity contribution in [3.8, 4) is 5.88 Å². The van der Waals surface area contributed by atoms with E-state index in [0.29, 0.717) is 11.6 Å². The number of ether oxygens (including phenoxy) is 2. The number of carbonyl (C=O) groups excluding carboxylic acids is 1. The van der Waals surface area contributed by atoms with Gasteiger partial charge in [0, 0.05) is 30.3 Å². The summed E-state index contributed by atoms with van der Waals surface area (Å²) in [4.78, 5) is 21.2. The van der Waals surface area contributed by atoms with E-state index in [0.717, 1.165) is 11.3 Å². The normalized spacial score (nSPS) is 29.6. The second-order valence-corrected chi connectivity index (χ2v) is 6.75. The summed E-state index contributed by atoms with van der Waals surface area (Å²) in [6, 6.07) is 7.13. The van der Waals surface area contributed by atoms with E-state index in [9.17, 15) is 9.18 Å². The van der Waals surface area contributed by atoms with Crippen LogP contribution in [0.1, 0.15) is 23.6 Å². The van der Waals surface area contributed by atoms with Crippen LogP contribution in [0.3, 0.4) is 0 Å². The number of pyridine rings is 2. The first-order chi connectivity index (χ1) is 12.6. The highest BCUT2D eigenvalue weighted by Crippen LogP contribution is 2.50. The van der Waals surface area contributed by atoms with Gasteiger partial charge < -0.3 is 14.8 Å². The number of rotatable bonds is 4. The lowest BCUT2D eigenvalue weighted by Gasteiger charge is -2.29. The maximum Gasteiger partial charge on any atom is 0.230 e. The molecule has 0 unspecified atom stereocenters. The topological polar surface area (TPSA) is 73.3 Å². The number of amides is 1. The maximum absolute atomic E-state index is 14.3. The van der Waals surface area contributed by atoms with E-state index < -0.39 is 24.3 Å². The number of alkyl halides is 1. The number of hydrogen-bond acceptors (Lipinski definition) is 5. The van der Waals surface area contributed by atoms with Gasteiger partial charge in [0.05, 0.1) is 37.1 Å². The molecule has 6 nitrogen and oxygen atoms in total. The second-order valence-electron chi connectivity index (χ2n) is 6.75. The van der Waals surface area contributed by atoms with Gasteiger partial charge in [0.1, 0.15) is 6.17 Å². The van der Waals surface area contributed by atoms with E-state index >= 15 is 0 Å². The number of carbonyl (C=O) groups is 1. The molecule has 0 aliphatic carbocycles. The van der Waals surface area contributed by atoms with Crippen LogP contribution in [0.5, 0.6) is 5.88 Å². The lowest BCUT2D eigenvalue weighted by atomic mass is 9.74. The van der Waals surface area contributed by atoms with Crippen molar-refractivity contribution < 1.29 is 18.7 Å². The SMILES string of the molecule is COc1ccc(NC(=O)[C@@H]2[C@@H](c3ccnc(C)c3)[C@H]3O[C@@H]2C[C@H]3F)cn1. The Balaban J connectivity index is 1.59. The average molecular weight is 357 g/mol. The van der Waals surface area contributed by atoms with Crippen molar-refractivity contribution in [1.82, 2.24) is 9.97 Å². The van der Waals surface area contributed by atoms with Crippen LogP contribution in [0, 0.1) is 12.8 Å². The van der Waals surface area contributed by atoms with E-state index in [1.54, 1.807) is 18.3 Å². The summed E-state index contributed by atoms with van der Waals surface area (Å²) in [7, 11) is 1.53. The van der Waals surface area contributed by atoms with E-state index in [2.05, 4.69) is 15.3 Å². The van der Waals surface area contributed by atoms with E-state index in [4.69, 9.17) is 9.47 Å². The number of nitrogens with zero attached hydrogens (tertiary/aromatic N) is 2. The summed E-state index contributed by atoms with van der Waals surface area (Å²) < 4.78 is 25.1. The minimum absolute atomic E-state index is 0.184. The minimum atomic E-state index is -1.05. The summed E-state index contributed by atoms with van der Waals surface area (Å²) in [5.41, 5.74) is 2.29. The third-order valence-electron chi connectivity index (χ3n) is 5.11. The number of aryl methyl sites for hydroxylation is 1. The molecule has 1 amide bonds. The van der Waals surface area contributed by atoms with Crippen LogP contribution in [0.25, 0.3) is 0 Å². The Bertz CT molecular complexity index is 814. The number of nitrogens with one attached hydrogen (secondary N) is 1. The van der Waals surface area contributed by atoms with Gasteiger partial charge in [-0.05, 0) is 30.7 Å². The van der Waals surface area contributed by atoms with Crippen molar-refractivity contribution in [2.45, 2.75) is 37.6 Å². The first-order valence-electron chi connectivity index (χ1n) is 8.60. The van der Waals surface area contributed by atoms with Crippen molar-refractivity contribution in [2.75, 3.05) is 12.4 Å². The Morgan fingerprint density at radius 2 is 2.19 bits per heavy atom. The van der Waals surface area contributed by atoms with Gasteiger partial charge in [-0.2, -0.15) is 0 Å². The molecule has 2 aromatic heterocycles. The van der Waals surface area contributed by atoms with E-state index in [1.165, 1.54) is 13.3 Å². The molecule has 2 saturated heterocycles. The Labute approximate surface area is 150 Å². The van der Waals surface area contributed by atoms with Gasteiger partial charge in [-0.1, -0.05) is 0 Å². The molecule has 0 aromatic carbocycles. The highest BCUT2D eigenvalue weighted by atomic mass is 19.1. The number of methoxy groups -OCH3 is 1. The van der Waals surface area contributed by atoms with Gasteiger partial charge >= 0.3 is 0 Å². The Morgan fingerprint density at radius 1 is 1.35 bits per heavy atom. The van der Waals surface area contributed by atoms with Crippen LogP contribution in [0.4, 0.5) is 10.1 Å². The van der Waals surface area contributed by atoms with Crippen LogP contribution in [-0.4, -0.2) is 41.4 Å². The fraction of sp³-hybridized carbons (Fsp3) is 0.421. The van der Waals surface area contributed by atoms with E-state index in [1.807, 2.05) is 19.1 Å². The fourth-order valence-electron chi connectivity index (χ4n) is 3.98. The molecule has 0 saturated carbocycles. The molecule has 2 aromatic rings. The molecule has 2 aliphatic heterocycles. The van der Waals surface area contributed by atoms with Crippen LogP contribution in [0.2, 0.25) is 0 Å². The smallest absolute Gasteiger partial charge is 0.230 e. The fourth-order valence-corrected chi connectivity index (χ4v) is 3.98. The average Bonchev–Trinajstić information content (AvgIpc) is 3.19. The molecule has 26 heavy (non-hydrogen) atoms. The number of aromatic nitrogens is 2. The summed E-state index contributed by atoms with van der Waals surface area (Å²) >= 11 is 0.